The van der Waals surface area contributed by atoms with Crippen LogP contribution in [-0.4, -0.2) is 48.2 Å². The van der Waals surface area contributed by atoms with Crippen molar-refractivity contribution in [3.8, 4) is 0 Å². The first kappa shape index (κ1) is 15.3. The van der Waals surface area contributed by atoms with Gasteiger partial charge < -0.3 is 20.2 Å². The molecule has 0 aromatic heterocycles. The molecule has 0 aliphatic carbocycles. The minimum Gasteiger partial charge on any atom is -0.395 e. The van der Waals surface area contributed by atoms with Crippen molar-refractivity contribution in [1.82, 2.24) is 0 Å². The molecule has 0 aliphatic heterocycles. The fourth-order valence-electron chi connectivity index (χ4n) is 1.65. The van der Waals surface area contributed by atoms with Gasteiger partial charge in [0.1, 0.15) is 6.10 Å². The molecule has 0 bridgehead atoms. The Hall–Kier alpha value is -1.79. The summed E-state index contributed by atoms with van der Waals surface area (Å²) in [5.41, 5.74) is 9.60. The SMILES string of the molecule is CN(CCO)c1ccc(C(O)C(O)CN=[N+]=[N-])cc1. The Morgan fingerprint density at radius 2 is 1.95 bits per heavy atom. The minimum atomic E-state index is -1.13. The Bertz CT molecular complexity index is 431. The van der Waals surface area contributed by atoms with Gasteiger partial charge >= 0.3 is 0 Å². The number of hydrogen-bond donors (Lipinski definition) is 3. The van der Waals surface area contributed by atoms with Crippen LogP contribution in [0.2, 0.25) is 0 Å². The summed E-state index contributed by atoms with van der Waals surface area (Å²) in [5, 5.41) is 31.5. The van der Waals surface area contributed by atoms with Crippen LogP contribution in [0, 0.1) is 0 Å². The lowest BCUT2D eigenvalue weighted by molar-refractivity contribution is 0.0244. The first-order chi connectivity index (χ1) is 9.10. The molecule has 0 aliphatic rings. The lowest BCUT2D eigenvalue weighted by Gasteiger charge is -2.20. The van der Waals surface area contributed by atoms with Gasteiger partial charge in [-0.15, -0.1) is 0 Å². The van der Waals surface area contributed by atoms with Gasteiger partial charge in [0.15, 0.2) is 0 Å². The summed E-state index contributed by atoms with van der Waals surface area (Å²) in [5.74, 6) is 0. The number of benzene rings is 1. The molecule has 0 amide bonds. The van der Waals surface area contributed by atoms with E-state index in [1.54, 1.807) is 24.3 Å². The third-order valence-corrected chi connectivity index (χ3v) is 2.81. The third-order valence-electron chi connectivity index (χ3n) is 2.81. The molecule has 104 valence electrons. The predicted molar refractivity (Wildman–Crippen MR) is 71.8 cm³/mol. The molecule has 3 N–H and O–H groups in total. The summed E-state index contributed by atoms with van der Waals surface area (Å²) in [4.78, 5) is 4.40. The van der Waals surface area contributed by atoms with Crippen molar-refractivity contribution in [2.24, 2.45) is 5.11 Å². The minimum absolute atomic E-state index is 0.0613. The molecule has 1 aromatic rings. The van der Waals surface area contributed by atoms with E-state index >= 15 is 0 Å². The zero-order valence-corrected chi connectivity index (χ0v) is 10.7. The van der Waals surface area contributed by atoms with Crippen molar-refractivity contribution in [1.29, 1.82) is 0 Å². The van der Waals surface area contributed by atoms with Crippen molar-refractivity contribution in [2.45, 2.75) is 12.2 Å². The van der Waals surface area contributed by atoms with E-state index in [0.29, 0.717) is 12.1 Å². The number of rotatable bonds is 7. The van der Waals surface area contributed by atoms with E-state index in [9.17, 15) is 10.2 Å². The van der Waals surface area contributed by atoms with Crippen molar-refractivity contribution in [3.05, 3.63) is 40.3 Å². The van der Waals surface area contributed by atoms with Crippen LogP contribution in [0.5, 0.6) is 0 Å². The zero-order valence-electron chi connectivity index (χ0n) is 10.7. The van der Waals surface area contributed by atoms with Crippen LogP contribution >= 0.6 is 0 Å². The van der Waals surface area contributed by atoms with Gasteiger partial charge in [0.05, 0.1) is 19.3 Å². The van der Waals surface area contributed by atoms with Gasteiger partial charge in [-0.1, -0.05) is 17.2 Å². The highest BCUT2D eigenvalue weighted by molar-refractivity contribution is 5.47. The lowest BCUT2D eigenvalue weighted by Crippen LogP contribution is -2.22. The number of azide groups is 1. The summed E-state index contributed by atoms with van der Waals surface area (Å²) < 4.78 is 0. The summed E-state index contributed by atoms with van der Waals surface area (Å²) in [6.07, 6.45) is -2.22. The second kappa shape index (κ2) is 7.60. The van der Waals surface area contributed by atoms with E-state index in [1.165, 1.54) is 0 Å². The maximum absolute atomic E-state index is 9.86. The second-order valence-electron chi connectivity index (χ2n) is 4.16. The molecular formula is C12H18N4O3. The van der Waals surface area contributed by atoms with Crippen LogP contribution in [-0.2, 0) is 0 Å². The quantitative estimate of drug-likeness (QED) is 0.385. The number of aliphatic hydroxyl groups is 3. The summed E-state index contributed by atoms with van der Waals surface area (Å²) in [6.45, 7) is 0.400. The molecule has 0 radical (unpaired) electrons. The Morgan fingerprint density at radius 1 is 1.32 bits per heavy atom. The number of nitrogens with zero attached hydrogens (tertiary/aromatic N) is 4. The van der Waals surface area contributed by atoms with Crippen LogP contribution in [0.4, 0.5) is 5.69 Å². The Morgan fingerprint density at radius 3 is 2.47 bits per heavy atom. The van der Waals surface area contributed by atoms with Gasteiger partial charge in [0.25, 0.3) is 0 Å². The summed E-state index contributed by atoms with van der Waals surface area (Å²) >= 11 is 0. The van der Waals surface area contributed by atoms with E-state index < -0.39 is 12.2 Å². The van der Waals surface area contributed by atoms with Gasteiger partial charge in [-0.3, -0.25) is 0 Å². The normalized spacial score (nSPS) is 13.5. The number of aliphatic hydroxyl groups excluding tert-OH is 3. The monoisotopic (exact) mass is 266 g/mol. The highest BCUT2D eigenvalue weighted by Crippen LogP contribution is 2.21. The maximum atomic E-state index is 9.86. The fourth-order valence-corrected chi connectivity index (χ4v) is 1.65. The van der Waals surface area contributed by atoms with Crippen LogP contribution in [0.3, 0.4) is 0 Å². The van der Waals surface area contributed by atoms with Crippen molar-refractivity contribution in [3.63, 3.8) is 0 Å². The maximum Gasteiger partial charge on any atom is 0.105 e. The predicted octanol–water partition coefficient (Wildman–Crippen LogP) is 0.820. The molecule has 0 fully saturated rings. The van der Waals surface area contributed by atoms with Gasteiger partial charge in [0, 0.05) is 24.2 Å². The van der Waals surface area contributed by atoms with E-state index in [0.717, 1.165) is 5.69 Å². The average Bonchev–Trinajstić information content (AvgIpc) is 2.44. The molecule has 0 saturated heterocycles. The number of likely N-dealkylation sites (N-methyl/N-ethyl adjacent to an activating group) is 1. The van der Waals surface area contributed by atoms with E-state index in [-0.39, 0.29) is 13.2 Å². The van der Waals surface area contributed by atoms with E-state index in [2.05, 4.69) is 10.0 Å². The van der Waals surface area contributed by atoms with Crippen LogP contribution in [0.25, 0.3) is 10.4 Å². The van der Waals surface area contributed by atoms with E-state index in [1.807, 2.05) is 11.9 Å². The van der Waals surface area contributed by atoms with Gasteiger partial charge in [-0.25, -0.2) is 0 Å². The average molecular weight is 266 g/mol. The Kier molecular flexibility index (Phi) is 6.11. The van der Waals surface area contributed by atoms with Gasteiger partial charge in [-0.2, -0.15) is 0 Å². The number of anilines is 1. The van der Waals surface area contributed by atoms with Crippen LogP contribution < -0.4 is 4.90 Å². The van der Waals surface area contributed by atoms with Crippen molar-refractivity contribution < 1.29 is 15.3 Å². The van der Waals surface area contributed by atoms with Gasteiger partial charge in [-0.05, 0) is 23.2 Å². The molecule has 2 atom stereocenters. The Balaban J connectivity index is 2.72. The molecule has 0 spiro atoms. The zero-order chi connectivity index (χ0) is 14.3. The highest BCUT2D eigenvalue weighted by atomic mass is 16.3. The molecular weight excluding hydrogens is 248 g/mol. The number of hydrogen-bond acceptors (Lipinski definition) is 5. The first-order valence-electron chi connectivity index (χ1n) is 5.89. The molecule has 2 unspecified atom stereocenters. The standard InChI is InChI=1S/C12H18N4O3/c1-16(6-7-17)10-4-2-9(3-5-10)12(19)11(18)8-14-15-13/h2-5,11-12,17-19H,6-8H2,1H3. The molecule has 0 saturated carbocycles. The molecule has 7 nitrogen and oxygen atoms in total. The molecule has 1 aromatic carbocycles. The molecule has 7 heteroatoms. The second-order valence-corrected chi connectivity index (χ2v) is 4.16. The van der Waals surface area contributed by atoms with Crippen molar-refractivity contribution in [2.75, 3.05) is 31.6 Å². The first-order valence-corrected chi connectivity index (χ1v) is 5.89. The van der Waals surface area contributed by atoms with E-state index in [4.69, 9.17) is 10.6 Å². The third kappa shape index (κ3) is 4.42. The Labute approximate surface area is 111 Å². The molecule has 19 heavy (non-hydrogen) atoms. The molecule has 1 rings (SSSR count). The smallest absolute Gasteiger partial charge is 0.105 e. The summed E-state index contributed by atoms with van der Waals surface area (Å²) in [6, 6.07) is 6.95. The van der Waals surface area contributed by atoms with Gasteiger partial charge in [0.2, 0.25) is 0 Å². The van der Waals surface area contributed by atoms with Crippen molar-refractivity contribution >= 4 is 5.69 Å². The largest absolute Gasteiger partial charge is 0.395 e. The highest BCUT2D eigenvalue weighted by Gasteiger charge is 2.17. The van der Waals surface area contributed by atoms with Crippen LogP contribution in [0.15, 0.2) is 29.4 Å². The van der Waals surface area contributed by atoms with Crippen LogP contribution in [0.1, 0.15) is 11.7 Å². The topological polar surface area (TPSA) is 113 Å². The fraction of sp³-hybridized carbons (Fsp3) is 0.500. The summed E-state index contributed by atoms with van der Waals surface area (Å²) in [7, 11) is 1.85. The molecule has 0 heterocycles. The lowest BCUT2D eigenvalue weighted by atomic mass is 10.0.